The van der Waals surface area contributed by atoms with Crippen molar-refractivity contribution in [3.8, 4) is 5.88 Å². The molecule has 0 radical (unpaired) electrons. The van der Waals surface area contributed by atoms with Gasteiger partial charge in [-0.3, -0.25) is 14.9 Å². The number of rotatable bonds is 6. The van der Waals surface area contributed by atoms with Gasteiger partial charge in [-0.2, -0.15) is 0 Å². The van der Waals surface area contributed by atoms with Gasteiger partial charge < -0.3 is 9.67 Å². The first-order valence-electron chi connectivity index (χ1n) is 8.54. The standard InChI is InChI=1S/C19H18N4O4/c1-2-3-12-22-15-10-6-4-8-13(15)17(19(22)25)20-21-18(24)14-9-5-7-11-16(14)23(26)27/h4-11,25H,2-3,12H2,1H3. The summed E-state index contributed by atoms with van der Waals surface area (Å²) < 4.78 is 1.72. The van der Waals surface area contributed by atoms with Crippen molar-refractivity contribution in [1.29, 1.82) is 0 Å². The molecule has 0 atom stereocenters. The lowest BCUT2D eigenvalue weighted by atomic mass is 10.2. The predicted octanol–water partition coefficient (Wildman–Crippen LogP) is 4.98. The minimum Gasteiger partial charge on any atom is -0.493 e. The van der Waals surface area contributed by atoms with Crippen molar-refractivity contribution in [3.05, 3.63) is 64.2 Å². The summed E-state index contributed by atoms with van der Waals surface area (Å²) in [7, 11) is 0. The minimum atomic E-state index is -0.841. The number of hydrogen-bond donors (Lipinski definition) is 1. The number of para-hydroxylation sites is 2. The molecule has 0 spiro atoms. The fourth-order valence-corrected chi connectivity index (χ4v) is 2.88. The van der Waals surface area contributed by atoms with E-state index >= 15 is 0 Å². The molecule has 8 heteroatoms. The number of benzene rings is 2. The molecule has 138 valence electrons. The third-order valence-electron chi connectivity index (χ3n) is 4.22. The molecule has 0 aliphatic carbocycles. The van der Waals surface area contributed by atoms with Gasteiger partial charge in [0.2, 0.25) is 5.88 Å². The maximum Gasteiger partial charge on any atom is 0.302 e. The molecule has 2 aromatic carbocycles. The Kier molecular flexibility index (Phi) is 5.25. The van der Waals surface area contributed by atoms with E-state index in [2.05, 4.69) is 17.2 Å². The Labute approximate surface area is 154 Å². The van der Waals surface area contributed by atoms with Crippen LogP contribution in [-0.4, -0.2) is 20.5 Å². The molecule has 1 N–H and O–H groups in total. The molecular formula is C19H18N4O4. The zero-order valence-electron chi connectivity index (χ0n) is 14.7. The average molecular weight is 366 g/mol. The Balaban J connectivity index is 2.01. The Morgan fingerprint density at radius 2 is 1.89 bits per heavy atom. The number of fused-ring (bicyclic) bond motifs is 1. The number of nitro benzene ring substituents is 1. The van der Waals surface area contributed by atoms with Crippen LogP contribution in [0.5, 0.6) is 5.88 Å². The van der Waals surface area contributed by atoms with Crippen LogP contribution in [0.3, 0.4) is 0 Å². The second kappa shape index (κ2) is 7.77. The van der Waals surface area contributed by atoms with Crippen molar-refractivity contribution in [2.24, 2.45) is 10.2 Å². The van der Waals surface area contributed by atoms with Crippen LogP contribution in [0.15, 0.2) is 58.8 Å². The van der Waals surface area contributed by atoms with E-state index in [0.717, 1.165) is 18.4 Å². The van der Waals surface area contributed by atoms with Crippen LogP contribution < -0.4 is 0 Å². The molecule has 0 aliphatic rings. The van der Waals surface area contributed by atoms with E-state index in [-0.39, 0.29) is 22.8 Å². The number of azo groups is 1. The van der Waals surface area contributed by atoms with Gasteiger partial charge in [0.05, 0.1) is 10.4 Å². The smallest absolute Gasteiger partial charge is 0.302 e. The number of hydrogen-bond acceptors (Lipinski definition) is 5. The van der Waals surface area contributed by atoms with E-state index in [4.69, 9.17) is 0 Å². The largest absolute Gasteiger partial charge is 0.493 e. The first-order chi connectivity index (χ1) is 13.0. The quantitative estimate of drug-likeness (QED) is 0.377. The fraction of sp³-hybridized carbons (Fsp3) is 0.211. The number of aromatic hydroxyl groups is 1. The summed E-state index contributed by atoms with van der Waals surface area (Å²) in [6.45, 7) is 2.66. The molecule has 1 amide bonds. The van der Waals surface area contributed by atoms with Gasteiger partial charge in [0.15, 0.2) is 5.69 Å². The van der Waals surface area contributed by atoms with E-state index < -0.39 is 10.8 Å². The third-order valence-corrected chi connectivity index (χ3v) is 4.22. The van der Waals surface area contributed by atoms with Crippen LogP contribution in [0.4, 0.5) is 11.4 Å². The second-order valence-electron chi connectivity index (χ2n) is 5.97. The summed E-state index contributed by atoms with van der Waals surface area (Å²) in [5.74, 6) is -0.921. The molecule has 0 aliphatic heterocycles. The normalized spacial score (nSPS) is 11.3. The number of nitrogens with zero attached hydrogens (tertiary/aromatic N) is 4. The molecule has 3 aromatic rings. The molecule has 0 saturated carbocycles. The van der Waals surface area contributed by atoms with Gasteiger partial charge in [-0.25, -0.2) is 0 Å². The highest BCUT2D eigenvalue weighted by molar-refractivity contribution is 5.99. The first-order valence-corrected chi connectivity index (χ1v) is 8.54. The van der Waals surface area contributed by atoms with Crippen molar-refractivity contribution >= 4 is 28.2 Å². The van der Waals surface area contributed by atoms with Crippen molar-refractivity contribution in [2.45, 2.75) is 26.3 Å². The third kappa shape index (κ3) is 3.55. The summed E-state index contributed by atoms with van der Waals surface area (Å²) in [5, 5.41) is 29.8. The Morgan fingerprint density at radius 3 is 2.63 bits per heavy atom. The van der Waals surface area contributed by atoms with Gasteiger partial charge in [-0.05, 0) is 18.6 Å². The average Bonchev–Trinajstić information content (AvgIpc) is 2.95. The SMILES string of the molecule is CCCCn1c(O)c(N=NC(=O)c2ccccc2[N+](=O)[O-])c2ccccc21. The highest BCUT2D eigenvalue weighted by atomic mass is 16.6. The summed E-state index contributed by atoms with van der Waals surface area (Å²) in [6, 6.07) is 12.8. The molecule has 0 bridgehead atoms. The zero-order valence-corrected chi connectivity index (χ0v) is 14.7. The number of amides is 1. The molecule has 8 nitrogen and oxygen atoms in total. The molecule has 1 heterocycles. The molecule has 1 aromatic heterocycles. The topological polar surface area (TPSA) is 110 Å². The van der Waals surface area contributed by atoms with Crippen LogP contribution in [0.25, 0.3) is 10.9 Å². The number of aryl methyl sites for hydroxylation is 1. The lowest BCUT2D eigenvalue weighted by Gasteiger charge is -2.05. The van der Waals surface area contributed by atoms with Crippen LogP contribution in [0.2, 0.25) is 0 Å². The summed E-state index contributed by atoms with van der Waals surface area (Å²) in [5.41, 5.74) is 0.473. The number of carbonyl (C=O) groups excluding carboxylic acids is 1. The number of aromatic nitrogens is 1. The highest BCUT2D eigenvalue weighted by Gasteiger charge is 2.20. The van der Waals surface area contributed by atoms with E-state index in [9.17, 15) is 20.0 Å². The molecule has 0 fully saturated rings. The van der Waals surface area contributed by atoms with E-state index in [0.29, 0.717) is 11.9 Å². The van der Waals surface area contributed by atoms with Crippen molar-refractivity contribution in [2.75, 3.05) is 0 Å². The maximum absolute atomic E-state index is 12.3. The van der Waals surface area contributed by atoms with E-state index in [1.54, 1.807) is 16.7 Å². The number of nitro groups is 1. The summed E-state index contributed by atoms with van der Waals surface area (Å²) in [4.78, 5) is 22.7. The minimum absolute atomic E-state index is 0.0799. The van der Waals surface area contributed by atoms with E-state index in [1.165, 1.54) is 24.3 Å². The predicted molar refractivity (Wildman–Crippen MR) is 100 cm³/mol. The van der Waals surface area contributed by atoms with Crippen LogP contribution >= 0.6 is 0 Å². The molecule has 0 saturated heterocycles. The monoisotopic (exact) mass is 366 g/mol. The van der Waals surface area contributed by atoms with Gasteiger partial charge >= 0.3 is 5.91 Å². The van der Waals surface area contributed by atoms with Gasteiger partial charge in [0.1, 0.15) is 5.56 Å². The van der Waals surface area contributed by atoms with Gasteiger partial charge in [0, 0.05) is 18.0 Å². The van der Waals surface area contributed by atoms with Crippen molar-refractivity contribution in [1.82, 2.24) is 4.57 Å². The van der Waals surface area contributed by atoms with Gasteiger partial charge in [-0.15, -0.1) is 10.2 Å². The number of unbranched alkanes of at least 4 members (excludes halogenated alkanes) is 1. The Hall–Kier alpha value is -3.55. The molecular weight excluding hydrogens is 348 g/mol. The fourth-order valence-electron chi connectivity index (χ4n) is 2.88. The highest BCUT2D eigenvalue weighted by Crippen LogP contribution is 2.39. The molecule has 0 unspecified atom stereocenters. The first kappa shape index (κ1) is 18.2. The lowest BCUT2D eigenvalue weighted by Crippen LogP contribution is -2.00. The maximum atomic E-state index is 12.3. The summed E-state index contributed by atoms with van der Waals surface area (Å²) in [6.07, 6.45) is 1.83. The van der Waals surface area contributed by atoms with Gasteiger partial charge in [-0.1, -0.05) is 43.7 Å². The Bertz CT molecular complexity index is 1040. The molecule has 27 heavy (non-hydrogen) atoms. The van der Waals surface area contributed by atoms with Gasteiger partial charge in [0.25, 0.3) is 5.69 Å². The van der Waals surface area contributed by atoms with Crippen molar-refractivity contribution < 1.29 is 14.8 Å². The van der Waals surface area contributed by atoms with E-state index in [1.807, 2.05) is 12.1 Å². The second-order valence-corrected chi connectivity index (χ2v) is 5.97. The Morgan fingerprint density at radius 1 is 1.19 bits per heavy atom. The zero-order chi connectivity index (χ0) is 19.4. The van der Waals surface area contributed by atoms with Crippen LogP contribution in [0.1, 0.15) is 30.1 Å². The number of carbonyl (C=O) groups is 1. The summed E-state index contributed by atoms with van der Waals surface area (Å²) >= 11 is 0. The van der Waals surface area contributed by atoms with Crippen molar-refractivity contribution in [3.63, 3.8) is 0 Å². The van der Waals surface area contributed by atoms with Crippen LogP contribution in [-0.2, 0) is 6.54 Å². The lowest BCUT2D eigenvalue weighted by molar-refractivity contribution is -0.385. The molecule has 3 rings (SSSR count). The van der Waals surface area contributed by atoms with Crippen LogP contribution in [0, 0.1) is 10.1 Å².